The van der Waals surface area contributed by atoms with Crippen LogP contribution >= 0.6 is 0 Å². The molecule has 3 N–H and O–H groups in total. The lowest BCUT2D eigenvalue weighted by Crippen LogP contribution is -2.55. The van der Waals surface area contributed by atoms with Gasteiger partial charge in [0.1, 0.15) is 5.75 Å². The van der Waals surface area contributed by atoms with Crippen molar-refractivity contribution >= 4 is 11.9 Å². The van der Waals surface area contributed by atoms with Gasteiger partial charge in [-0.3, -0.25) is 14.7 Å². The van der Waals surface area contributed by atoms with E-state index in [1.807, 2.05) is 24.3 Å². The summed E-state index contributed by atoms with van der Waals surface area (Å²) in [6.45, 7) is 8.24. The molecule has 7 nitrogen and oxygen atoms in total. The number of benzene rings is 1. The number of nitrogens with one attached hydrogen (secondary N) is 3. The van der Waals surface area contributed by atoms with E-state index in [2.05, 4.69) is 39.7 Å². The largest absolute Gasteiger partial charge is 0.497 e. The Kier molecular flexibility index (Phi) is 8.57. The molecule has 156 valence electrons. The molecule has 28 heavy (non-hydrogen) atoms. The Morgan fingerprint density at radius 3 is 2.39 bits per heavy atom. The fraction of sp³-hybridized carbons (Fsp3) is 0.619. The molecule has 1 aliphatic rings. The maximum atomic E-state index is 12.1. The first-order chi connectivity index (χ1) is 13.4. The Hall–Kier alpha value is -2.28. The Morgan fingerprint density at radius 1 is 1.11 bits per heavy atom. The fourth-order valence-electron chi connectivity index (χ4n) is 3.30. The van der Waals surface area contributed by atoms with Gasteiger partial charge in [0.15, 0.2) is 5.96 Å². The van der Waals surface area contributed by atoms with Gasteiger partial charge in [0.05, 0.1) is 13.7 Å². The molecule has 1 fully saturated rings. The van der Waals surface area contributed by atoms with Gasteiger partial charge in [-0.2, -0.15) is 0 Å². The number of guanidine groups is 1. The third-order valence-electron chi connectivity index (χ3n) is 5.19. The van der Waals surface area contributed by atoms with E-state index in [9.17, 15) is 4.79 Å². The molecule has 1 aromatic carbocycles. The van der Waals surface area contributed by atoms with Crippen molar-refractivity contribution in [3.8, 4) is 5.75 Å². The lowest BCUT2D eigenvalue weighted by molar-refractivity contribution is -0.120. The van der Waals surface area contributed by atoms with Gasteiger partial charge in [-0.25, -0.2) is 0 Å². The van der Waals surface area contributed by atoms with Crippen LogP contribution in [0, 0.1) is 0 Å². The number of hydrogen-bond donors (Lipinski definition) is 3. The first-order valence-corrected chi connectivity index (χ1v) is 10.0. The van der Waals surface area contributed by atoms with Gasteiger partial charge in [-0.15, -0.1) is 0 Å². The minimum Gasteiger partial charge on any atom is -0.497 e. The summed E-state index contributed by atoms with van der Waals surface area (Å²) >= 11 is 0. The highest BCUT2D eigenvalue weighted by molar-refractivity contribution is 5.86. The Labute approximate surface area is 168 Å². The molecule has 1 heterocycles. The predicted molar refractivity (Wildman–Crippen MR) is 114 cm³/mol. The molecule has 0 unspecified atom stereocenters. The highest BCUT2D eigenvalue weighted by atomic mass is 16.5. The lowest BCUT2D eigenvalue weighted by Gasteiger charge is -2.41. The van der Waals surface area contributed by atoms with E-state index in [0.29, 0.717) is 12.5 Å². The van der Waals surface area contributed by atoms with E-state index >= 15 is 0 Å². The van der Waals surface area contributed by atoms with Gasteiger partial charge in [0, 0.05) is 25.7 Å². The van der Waals surface area contributed by atoms with Crippen molar-refractivity contribution in [3.63, 3.8) is 0 Å². The summed E-state index contributed by atoms with van der Waals surface area (Å²) in [4.78, 5) is 18.9. The molecule has 1 aromatic rings. The maximum absolute atomic E-state index is 12.1. The van der Waals surface area contributed by atoms with Crippen LogP contribution in [0.1, 0.15) is 38.7 Å². The number of methoxy groups -OCH3 is 1. The van der Waals surface area contributed by atoms with Crippen molar-refractivity contribution in [2.24, 2.45) is 4.99 Å². The number of likely N-dealkylation sites (tertiary alicyclic amines) is 1. The van der Waals surface area contributed by atoms with Gasteiger partial charge in [-0.1, -0.05) is 18.6 Å². The summed E-state index contributed by atoms with van der Waals surface area (Å²) in [6.07, 6.45) is 3.87. The van der Waals surface area contributed by atoms with Crippen molar-refractivity contribution in [2.75, 3.05) is 40.3 Å². The van der Waals surface area contributed by atoms with Crippen molar-refractivity contribution < 1.29 is 9.53 Å². The second-order valence-corrected chi connectivity index (χ2v) is 7.76. The smallest absolute Gasteiger partial charge is 0.239 e. The SMILES string of the molecule is CN=C(NCC(=O)NCc1ccc(OC)cc1)NCC(C)(C)N1CCCCC1. The summed E-state index contributed by atoms with van der Waals surface area (Å²) in [6, 6.07) is 7.65. The van der Waals surface area contributed by atoms with E-state index in [1.165, 1.54) is 19.3 Å². The van der Waals surface area contributed by atoms with Crippen LogP contribution in [0.5, 0.6) is 5.75 Å². The van der Waals surface area contributed by atoms with Gasteiger partial charge in [0.25, 0.3) is 0 Å². The molecule has 0 bridgehead atoms. The van der Waals surface area contributed by atoms with E-state index in [-0.39, 0.29) is 18.0 Å². The van der Waals surface area contributed by atoms with Crippen LogP contribution in [0.2, 0.25) is 0 Å². The van der Waals surface area contributed by atoms with Crippen LogP contribution in [0.3, 0.4) is 0 Å². The summed E-state index contributed by atoms with van der Waals surface area (Å²) in [5.41, 5.74) is 1.08. The van der Waals surface area contributed by atoms with Crippen LogP contribution in [0.4, 0.5) is 0 Å². The molecule has 0 radical (unpaired) electrons. The Balaban J connectivity index is 1.71. The van der Waals surface area contributed by atoms with Crippen LogP contribution in [0.15, 0.2) is 29.3 Å². The number of aliphatic imine (C=N–C) groups is 1. The van der Waals surface area contributed by atoms with E-state index < -0.39 is 0 Å². The number of carbonyl (C=O) groups excluding carboxylic acids is 1. The third kappa shape index (κ3) is 7.03. The number of rotatable bonds is 8. The molecule has 2 rings (SSSR count). The van der Waals surface area contributed by atoms with Crippen molar-refractivity contribution in [1.29, 1.82) is 0 Å². The number of nitrogens with zero attached hydrogens (tertiary/aromatic N) is 2. The van der Waals surface area contributed by atoms with Crippen LogP contribution in [0.25, 0.3) is 0 Å². The predicted octanol–water partition coefficient (Wildman–Crippen LogP) is 1.74. The molecule has 0 atom stereocenters. The van der Waals surface area contributed by atoms with Crippen molar-refractivity contribution in [3.05, 3.63) is 29.8 Å². The second-order valence-electron chi connectivity index (χ2n) is 7.76. The number of carbonyl (C=O) groups is 1. The molecule has 0 aromatic heterocycles. The van der Waals surface area contributed by atoms with Gasteiger partial charge < -0.3 is 20.7 Å². The normalized spacial score (nSPS) is 15.8. The Morgan fingerprint density at radius 2 is 1.79 bits per heavy atom. The molecule has 7 heteroatoms. The van der Waals surface area contributed by atoms with Gasteiger partial charge >= 0.3 is 0 Å². The molecule has 1 amide bonds. The van der Waals surface area contributed by atoms with E-state index in [0.717, 1.165) is 30.9 Å². The molecule has 1 saturated heterocycles. The summed E-state index contributed by atoms with van der Waals surface area (Å²) in [5, 5.41) is 9.35. The Bertz CT molecular complexity index is 637. The third-order valence-corrected chi connectivity index (χ3v) is 5.19. The van der Waals surface area contributed by atoms with Crippen molar-refractivity contribution in [1.82, 2.24) is 20.9 Å². The highest BCUT2D eigenvalue weighted by Crippen LogP contribution is 2.19. The fourth-order valence-corrected chi connectivity index (χ4v) is 3.30. The standard InChI is InChI=1S/C21H35N5O2/c1-21(2,26-12-6-5-7-13-26)16-25-20(22-3)24-15-19(27)23-14-17-8-10-18(28-4)11-9-17/h8-11H,5-7,12-16H2,1-4H3,(H,23,27)(H2,22,24,25). The molecule has 0 aliphatic carbocycles. The van der Waals surface area contributed by atoms with Crippen LogP contribution in [-0.4, -0.2) is 62.6 Å². The zero-order valence-electron chi connectivity index (χ0n) is 17.7. The average molecular weight is 390 g/mol. The quantitative estimate of drug-likeness (QED) is 0.466. The number of amides is 1. The van der Waals surface area contributed by atoms with Crippen LogP contribution in [-0.2, 0) is 11.3 Å². The van der Waals surface area contributed by atoms with E-state index in [4.69, 9.17) is 4.74 Å². The topological polar surface area (TPSA) is 78.0 Å². The highest BCUT2D eigenvalue weighted by Gasteiger charge is 2.27. The molecular formula is C21H35N5O2. The minimum atomic E-state index is -0.0749. The number of piperidine rings is 1. The summed E-state index contributed by atoms with van der Waals surface area (Å²) < 4.78 is 5.14. The first-order valence-electron chi connectivity index (χ1n) is 10.0. The lowest BCUT2D eigenvalue weighted by atomic mass is 9.98. The minimum absolute atomic E-state index is 0.0503. The molecule has 0 saturated carbocycles. The second kappa shape index (κ2) is 10.9. The molecular weight excluding hydrogens is 354 g/mol. The summed E-state index contributed by atoms with van der Waals surface area (Å²) in [5.74, 6) is 1.37. The number of ether oxygens (including phenoxy) is 1. The van der Waals surface area contributed by atoms with E-state index in [1.54, 1.807) is 14.2 Å². The average Bonchev–Trinajstić information content (AvgIpc) is 2.73. The van der Waals surface area contributed by atoms with Gasteiger partial charge in [-0.05, 0) is 57.5 Å². The van der Waals surface area contributed by atoms with Gasteiger partial charge in [0.2, 0.25) is 5.91 Å². The first kappa shape index (κ1) is 22.0. The monoisotopic (exact) mass is 389 g/mol. The number of hydrogen-bond acceptors (Lipinski definition) is 4. The zero-order valence-corrected chi connectivity index (χ0v) is 17.7. The summed E-state index contributed by atoms with van der Waals surface area (Å²) in [7, 11) is 3.36. The van der Waals surface area contributed by atoms with Crippen LogP contribution < -0.4 is 20.7 Å². The molecule has 0 spiro atoms. The maximum Gasteiger partial charge on any atom is 0.239 e. The molecule has 1 aliphatic heterocycles. The zero-order chi connectivity index (χ0) is 20.4. The van der Waals surface area contributed by atoms with Crippen molar-refractivity contribution in [2.45, 2.75) is 45.2 Å².